The third kappa shape index (κ3) is 3.72. The Morgan fingerprint density at radius 1 is 1.21 bits per heavy atom. The second-order valence-corrected chi connectivity index (χ2v) is 6.56. The summed E-state index contributed by atoms with van der Waals surface area (Å²) in [6, 6.07) is 4.93. The molecule has 0 unspecified atom stereocenters. The first-order valence-electron chi connectivity index (χ1n) is 6.63. The fraction of sp³-hybridized carbons (Fsp3) is 0.562. The van der Waals surface area contributed by atoms with Crippen molar-refractivity contribution in [2.45, 2.75) is 53.4 Å². The van der Waals surface area contributed by atoms with E-state index in [-0.39, 0.29) is 17.1 Å². The van der Waals surface area contributed by atoms with E-state index in [0.29, 0.717) is 5.75 Å². The Morgan fingerprint density at radius 3 is 2.26 bits per heavy atom. The van der Waals surface area contributed by atoms with Crippen molar-refractivity contribution in [1.29, 1.82) is 0 Å². The van der Waals surface area contributed by atoms with Crippen LogP contribution in [0.1, 0.15) is 53.5 Å². The number of phenolic OH excluding ortho intramolecular Hbond substituents is 1. The largest absolute Gasteiger partial charge is 0.508 e. The molecule has 0 aliphatic heterocycles. The molecule has 1 N–H and O–H groups in total. The Bertz CT molecular complexity index is 467. The number of benzene rings is 1. The summed E-state index contributed by atoms with van der Waals surface area (Å²) in [5.41, 5.74) is 0.0686. The van der Waals surface area contributed by atoms with Crippen molar-refractivity contribution in [3.05, 3.63) is 23.8 Å². The Balaban J connectivity index is 3.02. The first-order chi connectivity index (χ1) is 8.58. The molecule has 0 saturated heterocycles. The molecular weight excluding hydrogens is 240 g/mol. The molecule has 0 aromatic heterocycles. The first kappa shape index (κ1) is 15.5. The molecule has 106 valence electrons. The summed E-state index contributed by atoms with van der Waals surface area (Å²) in [6.07, 6.45) is 0.718. The highest BCUT2D eigenvalue weighted by molar-refractivity contribution is 5.78. The third-order valence-corrected chi connectivity index (χ3v) is 3.42. The molecular formula is C16H24O3. The quantitative estimate of drug-likeness (QED) is 0.662. The molecule has 0 radical (unpaired) electrons. The van der Waals surface area contributed by atoms with Crippen LogP contribution in [0.2, 0.25) is 0 Å². The normalized spacial score (nSPS) is 12.3. The summed E-state index contributed by atoms with van der Waals surface area (Å²) in [5.74, 6) is 0.455. The van der Waals surface area contributed by atoms with Crippen molar-refractivity contribution in [1.82, 2.24) is 0 Å². The average molecular weight is 264 g/mol. The number of carbonyl (C=O) groups is 1. The zero-order valence-electron chi connectivity index (χ0n) is 12.7. The minimum atomic E-state index is -0.500. The van der Waals surface area contributed by atoms with Gasteiger partial charge in [-0.25, -0.2) is 0 Å². The fourth-order valence-corrected chi connectivity index (χ4v) is 1.57. The minimum absolute atomic E-state index is 0.202. The van der Waals surface area contributed by atoms with Gasteiger partial charge in [0.25, 0.3) is 0 Å². The van der Waals surface area contributed by atoms with Gasteiger partial charge in [-0.05, 0) is 43.9 Å². The van der Waals surface area contributed by atoms with Crippen LogP contribution in [-0.2, 0) is 10.2 Å². The molecule has 1 aromatic carbocycles. The molecule has 0 bridgehead atoms. The molecule has 0 aliphatic carbocycles. The number of rotatable bonds is 3. The van der Waals surface area contributed by atoms with E-state index >= 15 is 0 Å². The highest BCUT2D eigenvalue weighted by Gasteiger charge is 2.28. The standard InChI is InChI=1S/C16H24O3/c1-7-16(5,6)14(18)19-11-8-9-13(17)12(10-11)15(2,3)4/h8-10,17H,7H2,1-6H3. The SMILES string of the molecule is CCC(C)(C)C(=O)Oc1ccc(O)c(C(C)(C)C)c1. The van der Waals surface area contributed by atoms with E-state index in [9.17, 15) is 9.90 Å². The van der Waals surface area contributed by atoms with E-state index in [1.165, 1.54) is 0 Å². The lowest BCUT2D eigenvalue weighted by Crippen LogP contribution is -2.28. The van der Waals surface area contributed by atoms with Gasteiger partial charge in [0.05, 0.1) is 5.41 Å². The molecule has 0 aliphatic rings. The van der Waals surface area contributed by atoms with Crippen LogP contribution in [-0.4, -0.2) is 11.1 Å². The van der Waals surface area contributed by atoms with Gasteiger partial charge in [0.15, 0.2) is 0 Å². The van der Waals surface area contributed by atoms with Crippen LogP contribution in [0.25, 0.3) is 0 Å². The first-order valence-corrected chi connectivity index (χ1v) is 6.63. The topological polar surface area (TPSA) is 46.5 Å². The molecule has 0 heterocycles. The zero-order chi connectivity index (χ0) is 14.8. The Hall–Kier alpha value is -1.51. The number of hydrogen-bond donors (Lipinski definition) is 1. The van der Waals surface area contributed by atoms with Crippen molar-refractivity contribution in [3.63, 3.8) is 0 Å². The van der Waals surface area contributed by atoms with Gasteiger partial charge in [-0.1, -0.05) is 27.7 Å². The van der Waals surface area contributed by atoms with Crippen molar-refractivity contribution in [3.8, 4) is 11.5 Å². The van der Waals surface area contributed by atoms with Gasteiger partial charge < -0.3 is 9.84 Å². The van der Waals surface area contributed by atoms with Gasteiger partial charge in [0.2, 0.25) is 0 Å². The van der Waals surface area contributed by atoms with E-state index in [2.05, 4.69) is 0 Å². The molecule has 19 heavy (non-hydrogen) atoms. The Labute approximate surface area is 115 Å². The van der Waals surface area contributed by atoms with E-state index in [1.54, 1.807) is 18.2 Å². The molecule has 0 saturated carbocycles. The van der Waals surface area contributed by atoms with Crippen LogP contribution in [0.4, 0.5) is 0 Å². The molecule has 3 heteroatoms. The van der Waals surface area contributed by atoms with Crippen molar-refractivity contribution in [2.75, 3.05) is 0 Å². The summed E-state index contributed by atoms with van der Waals surface area (Å²) in [4.78, 5) is 12.0. The van der Waals surface area contributed by atoms with E-state index in [0.717, 1.165) is 12.0 Å². The van der Waals surface area contributed by atoms with E-state index in [1.807, 2.05) is 41.5 Å². The van der Waals surface area contributed by atoms with Gasteiger partial charge in [-0.3, -0.25) is 4.79 Å². The summed E-state index contributed by atoms with van der Waals surface area (Å²) in [6.45, 7) is 11.7. The van der Waals surface area contributed by atoms with Crippen LogP contribution in [0.5, 0.6) is 11.5 Å². The smallest absolute Gasteiger partial charge is 0.316 e. The maximum absolute atomic E-state index is 12.0. The Kier molecular flexibility index (Phi) is 4.28. The molecule has 0 spiro atoms. The Morgan fingerprint density at radius 2 is 1.79 bits per heavy atom. The molecule has 0 amide bonds. The van der Waals surface area contributed by atoms with Gasteiger partial charge in [0.1, 0.15) is 11.5 Å². The highest BCUT2D eigenvalue weighted by Crippen LogP contribution is 2.34. The van der Waals surface area contributed by atoms with Gasteiger partial charge in [-0.2, -0.15) is 0 Å². The maximum atomic E-state index is 12.0. The number of aromatic hydroxyl groups is 1. The lowest BCUT2D eigenvalue weighted by molar-refractivity contribution is -0.144. The molecule has 1 aromatic rings. The number of carbonyl (C=O) groups excluding carboxylic acids is 1. The van der Waals surface area contributed by atoms with Crippen molar-refractivity contribution >= 4 is 5.97 Å². The number of esters is 1. The number of ether oxygens (including phenoxy) is 1. The summed E-state index contributed by atoms with van der Waals surface area (Å²) in [7, 11) is 0. The molecule has 0 atom stereocenters. The second-order valence-electron chi connectivity index (χ2n) is 6.56. The lowest BCUT2D eigenvalue weighted by atomic mass is 9.86. The number of phenols is 1. The van der Waals surface area contributed by atoms with Crippen LogP contribution in [0, 0.1) is 5.41 Å². The molecule has 0 fully saturated rings. The summed E-state index contributed by atoms with van der Waals surface area (Å²) >= 11 is 0. The lowest BCUT2D eigenvalue weighted by Gasteiger charge is -2.23. The number of hydrogen-bond acceptors (Lipinski definition) is 3. The van der Waals surface area contributed by atoms with E-state index < -0.39 is 5.41 Å². The average Bonchev–Trinajstić information content (AvgIpc) is 2.30. The molecule has 1 rings (SSSR count). The van der Waals surface area contributed by atoms with Gasteiger partial charge in [-0.15, -0.1) is 0 Å². The third-order valence-electron chi connectivity index (χ3n) is 3.42. The van der Waals surface area contributed by atoms with Crippen LogP contribution in [0.15, 0.2) is 18.2 Å². The maximum Gasteiger partial charge on any atom is 0.316 e. The van der Waals surface area contributed by atoms with Crippen LogP contribution < -0.4 is 4.74 Å². The van der Waals surface area contributed by atoms with Crippen molar-refractivity contribution < 1.29 is 14.6 Å². The molecule has 3 nitrogen and oxygen atoms in total. The monoisotopic (exact) mass is 264 g/mol. The zero-order valence-corrected chi connectivity index (χ0v) is 12.7. The predicted molar refractivity (Wildman–Crippen MR) is 76.5 cm³/mol. The highest BCUT2D eigenvalue weighted by atomic mass is 16.5. The van der Waals surface area contributed by atoms with Crippen LogP contribution in [0.3, 0.4) is 0 Å². The second kappa shape index (κ2) is 5.24. The van der Waals surface area contributed by atoms with Crippen LogP contribution >= 0.6 is 0 Å². The van der Waals surface area contributed by atoms with Gasteiger partial charge in [0, 0.05) is 5.56 Å². The van der Waals surface area contributed by atoms with Gasteiger partial charge >= 0.3 is 5.97 Å². The fourth-order valence-electron chi connectivity index (χ4n) is 1.57. The van der Waals surface area contributed by atoms with E-state index in [4.69, 9.17) is 4.74 Å². The minimum Gasteiger partial charge on any atom is -0.508 e. The predicted octanol–water partition coefficient (Wildman–Crippen LogP) is 4.03. The summed E-state index contributed by atoms with van der Waals surface area (Å²) < 4.78 is 5.41. The van der Waals surface area contributed by atoms with Crippen molar-refractivity contribution in [2.24, 2.45) is 5.41 Å². The summed E-state index contributed by atoms with van der Waals surface area (Å²) in [5, 5.41) is 9.87.